The van der Waals surface area contributed by atoms with Crippen LogP contribution in [0.3, 0.4) is 0 Å². The third-order valence-corrected chi connectivity index (χ3v) is 4.91. The first kappa shape index (κ1) is 19.7. The molecule has 1 aromatic carbocycles. The van der Waals surface area contributed by atoms with Gasteiger partial charge in [-0.25, -0.2) is 9.97 Å². The van der Waals surface area contributed by atoms with Gasteiger partial charge < -0.3 is 9.80 Å². The average Bonchev–Trinajstić information content (AvgIpc) is 2.66. The number of piperazine rings is 1. The van der Waals surface area contributed by atoms with E-state index in [2.05, 4.69) is 28.7 Å². The van der Waals surface area contributed by atoms with Gasteiger partial charge in [0.2, 0.25) is 0 Å². The van der Waals surface area contributed by atoms with E-state index in [9.17, 15) is 14.9 Å². The van der Waals surface area contributed by atoms with Gasteiger partial charge in [0.15, 0.2) is 0 Å². The number of aryl methyl sites for hydroxylation is 2. The largest absolute Gasteiger partial charge is 0.353 e. The standard InChI is InChI=1S/C20H25N5O3/c1-13(2)19-21-15(4)12-18(22-19)23-7-9-24(10-8-23)20(26)16-5-6-17(25(27)28)14(3)11-16/h5-6,11-13H,7-10H2,1-4H3. The van der Waals surface area contributed by atoms with Crippen molar-refractivity contribution < 1.29 is 9.72 Å². The van der Waals surface area contributed by atoms with E-state index in [1.165, 1.54) is 12.1 Å². The highest BCUT2D eigenvalue weighted by atomic mass is 16.6. The minimum Gasteiger partial charge on any atom is -0.353 e. The van der Waals surface area contributed by atoms with Gasteiger partial charge in [-0.05, 0) is 26.0 Å². The Bertz CT molecular complexity index is 905. The van der Waals surface area contributed by atoms with Crippen molar-refractivity contribution >= 4 is 17.4 Å². The molecule has 1 amide bonds. The van der Waals surface area contributed by atoms with E-state index >= 15 is 0 Å². The molecule has 2 aromatic rings. The fourth-order valence-electron chi connectivity index (χ4n) is 3.31. The van der Waals surface area contributed by atoms with Crippen LogP contribution in [0.2, 0.25) is 0 Å². The maximum atomic E-state index is 12.8. The summed E-state index contributed by atoms with van der Waals surface area (Å²) in [7, 11) is 0. The summed E-state index contributed by atoms with van der Waals surface area (Å²) in [5.74, 6) is 1.88. The molecule has 1 saturated heterocycles. The molecule has 0 bridgehead atoms. The lowest BCUT2D eigenvalue weighted by Gasteiger charge is -2.35. The lowest BCUT2D eigenvalue weighted by molar-refractivity contribution is -0.385. The summed E-state index contributed by atoms with van der Waals surface area (Å²) < 4.78 is 0. The first-order valence-corrected chi connectivity index (χ1v) is 9.41. The Kier molecular flexibility index (Phi) is 5.58. The number of nitro benzene ring substituents is 1. The zero-order valence-corrected chi connectivity index (χ0v) is 16.7. The normalized spacial score (nSPS) is 14.5. The van der Waals surface area contributed by atoms with Gasteiger partial charge in [0, 0.05) is 61.1 Å². The van der Waals surface area contributed by atoms with Crippen LogP contribution >= 0.6 is 0 Å². The minimum atomic E-state index is -0.433. The van der Waals surface area contributed by atoms with Gasteiger partial charge in [-0.1, -0.05) is 13.8 Å². The number of carbonyl (C=O) groups is 1. The van der Waals surface area contributed by atoms with Gasteiger partial charge in [-0.3, -0.25) is 14.9 Å². The smallest absolute Gasteiger partial charge is 0.272 e. The molecule has 28 heavy (non-hydrogen) atoms. The molecule has 0 radical (unpaired) electrons. The summed E-state index contributed by atoms with van der Waals surface area (Å²) in [6.45, 7) is 10.3. The fraction of sp³-hybridized carbons (Fsp3) is 0.450. The van der Waals surface area contributed by atoms with Crippen molar-refractivity contribution in [3.63, 3.8) is 0 Å². The number of benzene rings is 1. The van der Waals surface area contributed by atoms with Gasteiger partial charge in [0.05, 0.1) is 4.92 Å². The monoisotopic (exact) mass is 383 g/mol. The van der Waals surface area contributed by atoms with Crippen molar-refractivity contribution in [1.29, 1.82) is 0 Å². The van der Waals surface area contributed by atoms with E-state index < -0.39 is 4.92 Å². The van der Waals surface area contributed by atoms with Crippen LogP contribution in [-0.4, -0.2) is 51.9 Å². The number of rotatable bonds is 4. The van der Waals surface area contributed by atoms with Gasteiger partial charge in [-0.2, -0.15) is 0 Å². The molecule has 0 saturated carbocycles. The number of nitro groups is 1. The van der Waals surface area contributed by atoms with E-state index in [4.69, 9.17) is 0 Å². The summed E-state index contributed by atoms with van der Waals surface area (Å²) in [5, 5.41) is 11.0. The molecule has 148 valence electrons. The Morgan fingerprint density at radius 3 is 2.36 bits per heavy atom. The first-order chi connectivity index (χ1) is 13.3. The molecule has 1 aliphatic rings. The number of aromatic nitrogens is 2. The van der Waals surface area contributed by atoms with Crippen molar-refractivity contribution in [2.24, 2.45) is 0 Å². The Morgan fingerprint density at radius 2 is 1.79 bits per heavy atom. The van der Waals surface area contributed by atoms with E-state index in [1.807, 2.05) is 13.0 Å². The average molecular weight is 383 g/mol. The van der Waals surface area contributed by atoms with Crippen LogP contribution in [0.1, 0.15) is 47.2 Å². The van der Waals surface area contributed by atoms with Crippen LogP contribution < -0.4 is 4.90 Å². The molecule has 1 fully saturated rings. The highest BCUT2D eigenvalue weighted by molar-refractivity contribution is 5.95. The van der Waals surface area contributed by atoms with E-state index in [0.717, 1.165) is 17.3 Å². The maximum absolute atomic E-state index is 12.8. The Morgan fingerprint density at radius 1 is 1.11 bits per heavy atom. The fourth-order valence-corrected chi connectivity index (χ4v) is 3.31. The summed E-state index contributed by atoms with van der Waals surface area (Å²) in [4.78, 5) is 36.4. The van der Waals surface area contributed by atoms with E-state index in [-0.39, 0.29) is 17.5 Å². The SMILES string of the molecule is Cc1cc(N2CCN(C(=O)c3ccc([N+](=O)[O-])c(C)c3)CC2)nc(C(C)C)n1. The third kappa shape index (κ3) is 4.11. The molecule has 0 atom stereocenters. The molecule has 1 aliphatic heterocycles. The van der Waals surface area contributed by atoms with Crippen molar-refractivity contribution in [2.45, 2.75) is 33.6 Å². The van der Waals surface area contributed by atoms with Crippen LogP contribution in [0, 0.1) is 24.0 Å². The topological polar surface area (TPSA) is 92.5 Å². The Hall–Kier alpha value is -3.03. The molecule has 1 aromatic heterocycles. The summed E-state index contributed by atoms with van der Waals surface area (Å²) in [5.41, 5.74) is 1.94. The highest BCUT2D eigenvalue weighted by Crippen LogP contribution is 2.22. The quantitative estimate of drug-likeness (QED) is 0.595. The predicted molar refractivity (Wildman–Crippen MR) is 107 cm³/mol. The molecule has 3 rings (SSSR count). The molecule has 0 unspecified atom stereocenters. The molecular formula is C20H25N5O3. The van der Waals surface area contributed by atoms with E-state index in [1.54, 1.807) is 17.9 Å². The summed E-state index contributed by atoms with van der Waals surface area (Å²) in [6.07, 6.45) is 0. The van der Waals surface area contributed by atoms with Crippen LogP contribution in [0.25, 0.3) is 0 Å². The van der Waals surface area contributed by atoms with E-state index in [0.29, 0.717) is 37.3 Å². The Balaban J connectivity index is 1.69. The van der Waals surface area contributed by atoms with Crippen LogP contribution in [0.5, 0.6) is 0 Å². The molecular weight excluding hydrogens is 358 g/mol. The summed E-state index contributed by atoms with van der Waals surface area (Å²) in [6, 6.07) is 6.50. The van der Waals surface area contributed by atoms with Crippen molar-refractivity contribution in [1.82, 2.24) is 14.9 Å². The van der Waals surface area contributed by atoms with Gasteiger partial charge in [-0.15, -0.1) is 0 Å². The third-order valence-electron chi connectivity index (χ3n) is 4.91. The van der Waals surface area contributed by atoms with Crippen LogP contribution in [-0.2, 0) is 0 Å². The second kappa shape index (κ2) is 7.92. The number of hydrogen-bond donors (Lipinski definition) is 0. The van der Waals surface area contributed by atoms with Crippen molar-refractivity contribution in [2.75, 3.05) is 31.1 Å². The van der Waals surface area contributed by atoms with Crippen LogP contribution in [0.15, 0.2) is 24.3 Å². The second-order valence-electron chi connectivity index (χ2n) is 7.42. The number of nitrogens with zero attached hydrogens (tertiary/aromatic N) is 5. The Labute approximate surface area is 164 Å². The summed E-state index contributed by atoms with van der Waals surface area (Å²) >= 11 is 0. The molecule has 0 aliphatic carbocycles. The molecule has 8 heteroatoms. The molecule has 2 heterocycles. The molecule has 8 nitrogen and oxygen atoms in total. The number of amides is 1. The zero-order chi connectivity index (χ0) is 20.4. The number of hydrogen-bond acceptors (Lipinski definition) is 6. The van der Waals surface area contributed by atoms with Crippen LogP contribution in [0.4, 0.5) is 11.5 Å². The second-order valence-corrected chi connectivity index (χ2v) is 7.42. The van der Waals surface area contributed by atoms with Crippen molar-refractivity contribution in [3.05, 3.63) is 57.0 Å². The number of anilines is 1. The van der Waals surface area contributed by atoms with Gasteiger partial charge in [0.1, 0.15) is 11.6 Å². The maximum Gasteiger partial charge on any atom is 0.272 e. The first-order valence-electron chi connectivity index (χ1n) is 9.41. The number of carbonyl (C=O) groups excluding carboxylic acids is 1. The zero-order valence-electron chi connectivity index (χ0n) is 16.7. The lowest BCUT2D eigenvalue weighted by Crippen LogP contribution is -2.49. The molecule has 0 N–H and O–H groups in total. The van der Waals surface area contributed by atoms with Gasteiger partial charge in [0.25, 0.3) is 11.6 Å². The minimum absolute atomic E-state index is 0.0291. The van der Waals surface area contributed by atoms with Crippen molar-refractivity contribution in [3.8, 4) is 0 Å². The molecule has 0 spiro atoms. The van der Waals surface area contributed by atoms with Gasteiger partial charge >= 0.3 is 0 Å². The predicted octanol–water partition coefficient (Wildman–Crippen LogP) is 3.09. The lowest BCUT2D eigenvalue weighted by atomic mass is 10.1. The highest BCUT2D eigenvalue weighted by Gasteiger charge is 2.24.